The molecule has 3 amide bonds. The van der Waals surface area contributed by atoms with Gasteiger partial charge in [0.1, 0.15) is 5.65 Å². The van der Waals surface area contributed by atoms with Crippen molar-refractivity contribution in [3.63, 3.8) is 0 Å². The van der Waals surface area contributed by atoms with Crippen molar-refractivity contribution < 1.29 is 14.4 Å². The number of nitrogens with one attached hydrogen (secondary N) is 1. The summed E-state index contributed by atoms with van der Waals surface area (Å²) in [6, 6.07) is 10.3. The standard InChI is InChI=1S/C19H16N4O3/c1-12-10-22-11-13(6-7-16(22)20-12)21-17(24)8-9-23-18(25)14-4-2-3-5-15(14)19(23)26/h2-7,10-11H,8-9H2,1H3,(H,21,24). The minimum absolute atomic E-state index is 0.0342. The molecule has 0 unspecified atom stereocenters. The number of carbonyl (C=O) groups is 3. The Morgan fingerprint density at radius 3 is 2.42 bits per heavy atom. The predicted octanol–water partition coefficient (Wildman–Crippen LogP) is 2.27. The summed E-state index contributed by atoms with van der Waals surface area (Å²) in [4.78, 5) is 42.2. The highest BCUT2D eigenvalue weighted by Crippen LogP contribution is 2.22. The lowest BCUT2D eigenvalue weighted by atomic mass is 10.1. The smallest absolute Gasteiger partial charge is 0.261 e. The second-order valence-electron chi connectivity index (χ2n) is 6.17. The van der Waals surface area contributed by atoms with Crippen LogP contribution in [0.5, 0.6) is 0 Å². The number of pyridine rings is 1. The molecule has 2 aromatic heterocycles. The molecule has 0 atom stereocenters. The van der Waals surface area contributed by atoms with E-state index in [1.54, 1.807) is 36.5 Å². The second-order valence-corrected chi connectivity index (χ2v) is 6.17. The molecule has 0 saturated heterocycles. The third kappa shape index (κ3) is 2.73. The van der Waals surface area contributed by atoms with Gasteiger partial charge in [-0.15, -0.1) is 0 Å². The molecule has 7 heteroatoms. The maximum Gasteiger partial charge on any atom is 0.261 e. The second kappa shape index (κ2) is 6.11. The maximum atomic E-state index is 12.3. The average Bonchev–Trinajstić information content (AvgIpc) is 3.11. The van der Waals surface area contributed by atoms with Crippen molar-refractivity contribution in [2.24, 2.45) is 0 Å². The summed E-state index contributed by atoms with van der Waals surface area (Å²) in [7, 11) is 0. The Hall–Kier alpha value is -3.48. The van der Waals surface area contributed by atoms with Crippen LogP contribution in [-0.2, 0) is 4.79 Å². The lowest BCUT2D eigenvalue weighted by Crippen LogP contribution is -2.32. The molecule has 1 N–H and O–H groups in total. The number of hydrogen-bond donors (Lipinski definition) is 1. The van der Waals surface area contributed by atoms with Crippen LogP contribution in [0.3, 0.4) is 0 Å². The van der Waals surface area contributed by atoms with E-state index in [4.69, 9.17) is 0 Å². The van der Waals surface area contributed by atoms with Crippen molar-refractivity contribution in [2.75, 3.05) is 11.9 Å². The first-order valence-electron chi connectivity index (χ1n) is 8.23. The summed E-state index contributed by atoms with van der Waals surface area (Å²) in [5, 5.41) is 2.78. The van der Waals surface area contributed by atoms with Crippen molar-refractivity contribution in [3.05, 3.63) is 65.6 Å². The summed E-state index contributed by atoms with van der Waals surface area (Å²) in [6.45, 7) is 1.94. The molecule has 26 heavy (non-hydrogen) atoms. The Morgan fingerprint density at radius 2 is 1.73 bits per heavy atom. The van der Waals surface area contributed by atoms with Crippen molar-refractivity contribution in [2.45, 2.75) is 13.3 Å². The van der Waals surface area contributed by atoms with Gasteiger partial charge in [0.25, 0.3) is 11.8 Å². The summed E-state index contributed by atoms with van der Waals surface area (Å²) in [5.41, 5.74) is 3.09. The number of carbonyl (C=O) groups excluding carboxylic acids is 3. The topological polar surface area (TPSA) is 83.8 Å². The molecule has 0 radical (unpaired) electrons. The van der Waals surface area contributed by atoms with Gasteiger partial charge in [-0.05, 0) is 31.2 Å². The van der Waals surface area contributed by atoms with Gasteiger partial charge in [-0.25, -0.2) is 4.98 Å². The van der Waals surface area contributed by atoms with E-state index >= 15 is 0 Å². The van der Waals surface area contributed by atoms with Gasteiger partial charge in [0.2, 0.25) is 5.91 Å². The normalized spacial score (nSPS) is 13.3. The molecule has 1 aromatic carbocycles. The fourth-order valence-corrected chi connectivity index (χ4v) is 3.07. The van der Waals surface area contributed by atoms with Crippen LogP contribution >= 0.6 is 0 Å². The zero-order valence-corrected chi connectivity index (χ0v) is 14.1. The fourth-order valence-electron chi connectivity index (χ4n) is 3.07. The number of hydrogen-bond acceptors (Lipinski definition) is 4. The Balaban J connectivity index is 1.41. The van der Waals surface area contributed by atoms with Crippen molar-refractivity contribution in [1.29, 1.82) is 0 Å². The van der Waals surface area contributed by atoms with Crippen LogP contribution in [-0.4, -0.2) is 38.6 Å². The van der Waals surface area contributed by atoms with Crippen molar-refractivity contribution in [1.82, 2.24) is 14.3 Å². The van der Waals surface area contributed by atoms with E-state index in [2.05, 4.69) is 10.3 Å². The first-order chi connectivity index (χ1) is 12.5. The maximum absolute atomic E-state index is 12.3. The molecule has 0 saturated carbocycles. The lowest BCUT2D eigenvalue weighted by Gasteiger charge is -2.13. The molecule has 3 aromatic rings. The van der Waals surface area contributed by atoms with Gasteiger partial charge < -0.3 is 9.72 Å². The SMILES string of the molecule is Cc1cn2cc(NC(=O)CCN3C(=O)c4ccccc4C3=O)ccc2n1. The molecule has 0 bridgehead atoms. The number of aromatic nitrogens is 2. The van der Waals surface area contributed by atoms with E-state index in [0.717, 1.165) is 16.2 Å². The van der Waals surface area contributed by atoms with E-state index in [0.29, 0.717) is 16.8 Å². The van der Waals surface area contributed by atoms with Gasteiger partial charge in [0.15, 0.2) is 0 Å². The van der Waals surface area contributed by atoms with Gasteiger partial charge in [-0.3, -0.25) is 19.3 Å². The number of benzene rings is 1. The van der Waals surface area contributed by atoms with Gasteiger partial charge in [-0.2, -0.15) is 0 Å². The van der Waals surface area contributed by atoms with Gasteiger partial charge in [0, 0.05) is 25.4 Å². The van der Waals surface area contributed by atoms with E-state index in [9.17, 15) is 14.4 Å². The van der Waals surface area contributed by atoms with Crippen LogP contribution < -0.4 is 5.32 Å². The van der Waals surface area contributed by atoms with Crippen LogP contribution in [0.2, 0.25) is 0 Å². The van der Waals surface area contributed by atoms with Gasteiger partial charge >= 0.3 is 0 Å². The number of anilines is 1. The van der Waals surface area contributed by atoms with Crippen LogP contribution in [0.4, 0.5) is 5.69 Å². The van der Waals surface area contributed by atoms with Crippen LogP contribution in [0.25, 0.3) is 5.65 Å². The highest BCUT2D eigenvalue weighted by Gasteiger charge is 2.34. The van der Waals surface area contributed by atoms with Crippen molar-refractivity contribution >= 4 is 29.1 Å². The Bertz CT molecular complexity index is 1020. The highest BCUT2D eigenvalue weighted by molar-refractivity contribution is 6.21. The van der Waals surface area contributed by atoms with Gasteiger partial charge in [0.05, 0.1) is 22.5 Å². The molecule has 7 nitrogen and oxygen atoms in total. The first kappa shape index (κ1) is 16.0. The van der Waals surface area contributed by atoms with Crippen LogP contribution in [0.1, 0.15) is 32.8 Å². The van der Waals surface area contributed by atoms with Crippen molar-refractivity contribution in [3.8, 4) is 0 Å². The summed E-state index contributed by atoms with van der Waals surface area (Å²) >= 11 is 0. The molecule has 1 aliphatic heterocycles. The Morgan fingerprint density at radius 1 is 1.04 bits per heavy atom. The minimum atomic E-state index is -0.353. The summed E-state index contributed by atoms with van der Waals surface area (Å²) < 4.78 is 1.83. The van der Waals surface area contributed by atoms with E-state index in [1.165, 1.54) is 0 Å². The molecule has 130 valence electrons. The molecule has 0 fully saturated rings. The summed E-state index contributed by atoms with van der Waals surface area (Å²) in [6.07, 6.45) is 3.67. The number of aryl methyl sites for hydroxylation is 1. The molecule has 3 heterocycles. The number of imide groups is 1. The first-order valence-corrected chi connectivity index (χ1v) is 8.23. The zero-order valence-electron chi connectivity index (χ0n) is 14.1. The molecular weight excluding hydrogens is 332 g/mol. The minimum Gasteiger partial charge on any atom is -0.325 e. The number of fused-ring (bicyclic) bond motifs is 2. The van der Waals surface area contributed by atoms with E-state index in [-0.39, 0.29) is 30.7 Å². The molecule has 0 spiro atoms. The number of nitrogens with zero attached hydrogens (tertiary/aromatic N) is 3. The highest BCUT2D eigenvalue weighted by atomic mass is 16.2. The van der Waals surface area contributed by atoms with Crippen LogP contribution in [0, 0.1) is 6.92 Å². The van der Waals surface area contributed by atoms with E-state index in [1.807, 2.05) is 23.6 Å². The molecular formula is C19H16N4O3. The Labute approximate surface area is 149 Å². The third-order valence-corrected chi connectivity index (χ3v) is 4.30. The predicted molar refractivity (Wildman–Crippen MR) is 95.0 cm³/mol. The molecule has 1 aliphatic rings. The monoisotopic (exact) mass is 348 g/mol. The quantitative estimate of drug-likeness (QED) is 0.733. The van der Waals surface area contributed by atoms with E-state index < -0.39 is 0 Å². The largest absolute Gasteiger partial charge is 0.325 e. The number of amides is 3. The molecule has 0 aliphatic carbocycles. The average molecular weight is 348 g/mol. The third-order valence-electron chi connectivity index (χ3n) is 4.30. The molecule has 4 rings (SSSR count). The lowest BCUT2D eigenvalue weighted by molar-refractivity contribution is -0.116. The summed E-state index contributed by atoms with van der Waals surface area (Å²) in [5.74, 6) is -0.972. The number of rotatable bonds is 4. The Kier molecular flexibility index (Phi) is 3.76. The zero-order chi connectivity index (χ0) is 18.3. The van der Waals surface area contributed by atoms with Crippen LogP contribution in [0.15, 0.2) is 48.8 Å². The fraction of sp³-hybridized carbons (Fsp3) is 0.158. The van der Waals surface area contributed by atoms with Gasteiger partial charge in [-0.1, -0.05) is 12.1 Å². The number of imidazole rings is 1.